The Morgan fingerprint density at radius 2 is 1.97 bits per heavy atom. The second kappa shape index (κ2) is 6.98. The van der Waals surface area contributed by atoms with E-state index in [1.54, 1.807) is 6.20 Å². The van der Waals surface area contributed by atoms with E-state index in [0.717, 1.165) is 36.6 Å². The van der Waals surface area contributed by atoms with Crippen LogP contribution in [0.4, 0.5) is 10.2 Å². The molecule has 158 valence electrons. The zero-order chi connectivity index (χ0) is 21.1. The third-order valence-electron chi connectivity index (χ3n) is 6.89. The van der Waals surface area contributed by atoms with E-state index in [2.05, 4.69) is 20.3 Å². The molecule has 7 nitrogen and oxygen atoms in total. The van der Waals surface area contributed by atoms with Crippen LogP contribution in [0.15, 0.2) is 29.2 Å². The van der Waals surface area contributed by atoms with Crippen molar-refractivity contribution in [3.8, 4) is 11.4 Å². The number of anilines is 1. The molecule has 0 amide bonds. The Bertz CT molecular complexity index is 1310. The number of carboxylic acid groups (broad SMARTS) is 1. The Morgan fingerprint density at radius 3 is 2.77 bits per heavy atom. The van der Waals surface area contributed by atoms with Crippen LogP contribution in [0.5, 0.6) is 0 Å². The molecule has 0 unspecified atom stereocenters. The molecule has 7 rings (SSSR count). The average Bonchev–Trinajstić information content (AvgIpc) is 3.41. The van der Waals surface area contributed by atoms with Gasteiger partial charge in [-0.1, -0.05) is 0 Å². The summed E-state index contributed by atoms with van der Waals surface area (Å²) in [5.74, 6) is 0.0629. The minimum atomic E-state index is -0.735. The predicted octanol–water partition coefficient (Wildman–Crippen LogP) is 4.68. The summed E-state index contributed by atoms with van der Waals surface area (Å²) >= 11 is 1.52. The van der Waals surface area contributed by atoms with Crippen LogP contribution in [0, 0.1) is 23.6 Å². The van der Waals surface area contributed by atoms with Gasteiger partial charge in [0.2, 0.25) is 0 Å². The van der Waals surface area contributed by atoms with E-state index < -0.39 is 17.7 Å². The van der Waals surface area contributed by atoms with Crippen molar-refractivity contribution < 1.29 is 14.3 Å². The van der Waals surface area contributed by atoms with Crippen molar-refractivity contribution in [1.29, 1.82) is 0 Å². The molecule has 31 heavy (non-hydrogen) atoms. The van der Waals surface area contributed by atoms with Gasteiger partial charge in [-0.15, -0.1) is 11.3 Å². The standard InChI is InChI=1S/C22H20FN5O2S/c23-12-5-13-14(7-25-19(13)24-6-12)20-26-16-9-31-8-15(16)21(28-20)27-18-11-3-1-10(2-4-11)17(18)22(29)30/h5-11,17-18H,1-4H2,(H,24,25)(H,29,30)(H,26,27,28)/t10?,11?,17-,18-/m0/s1. The van der Waals surface area contributed by atoms with Crippen LogP contribution in [0.2, 0.25) is 0 Å². The van der Waals surface area contributed by atoms with Crippen molar-refractivity contribution in [3.63, 3.8) is 0 Å². The lowest BCUT2D eigenvalue weighted by Gasteiger charge is -2.47. The number of nitrogens with zero attached hydrogens (tertiary/aromatic N) is 3. The van der Waals surface area contributed by atoms with Crippen LogP contribution < -0.4 is 5.32 Å². The van der Waals surface area contributed by atoms with Crippen LogP contribution in [0.25, 0.3) is 33.3 Å². The Labute approximate surface area is 180 Å². The molecule has 3 aliphatic carbocycles. The molecule has 4 aromatic rings. The fourth-order valence-electron chi connectivity index (χ4n) is 5.42. The highest BCUT2D eigenvalue weighted by atomic mass is 32.1. The molecule has 4 aromatic heterocycles. The monoisotopic (exact) mass is 437 g/mol. The first kappa shape index (κ1) is 18.7. The highest BCUT2D eigenvalue weighted by molar-refractivity contribution is 7.09. The minimum Gasteiger partial charge on any atom is -0.481 e. The Morgan fingerprint density at radius 1 is 1.16 bits per heavy atom. The van der Waals surface area contributed by atoms with Crippen molar-refractivity contribution in [1.82, 2.24) is 19.9 Å². The van der Waals surface area contributed by atoms with E-state index in [1.165, 1.54) is 23.6 Å². The van der Waals surface area contributed by atoms with E-state index in [9.17, 15) is 14.3 Å². The molecule has 2 atom stereocenters. The van der Waals surface area contributed by atoms with Gasteiger partial charge < -0.3 is 15.4 Å². The lowest BCUT2D eigenvalue weighted by molar-refractivity contribution is -0.148. The number of pyridine rings is 1. The van der Waals surface area contributed by atoms with Crippen LogP contribution in [-0.2, 0) is 4.79 Å². The topological polar surface area (TPSA) is 104 Å². The van der Waals surface area contributed by atoms with Crippen molar-refractivity contribution in [3.05, 3.63) is 35.0 Å². The first-order chi connectivity index (χ1) is 15.1. The molecular weight excluding hydrogens is 417 g/mol. The van der Waals surface area contributed by atoms with E-state index in [4.69, 9.17) is 4.98 Å². The smallest absolute Gasteiger partial charge is 0.308 e. The van der Waals surface area contributed by atoms with Crippen molar-refractivity contribution in [2.24, 2.45) is 17.8 Å². The summed E-state index contributed by atoms with van der Waals surface area (Å²) in [4.78, 5) is 28.7. The quantitative estimate of drug-likeness (QED) is 0.428. The Hall–Kier alpha value is -3.07. The fraction of sp³-hybridized carbons (Fsp3) is 0.364. The highest BCUT2D eigenvalue weighted by Crippen LogP contribution is 2.46. The summed E-state index contributed by atoms with van der Waals surface area (Å²) in [6.07, 6.45) is 6.96. The zero-order valence-electron chi connectivity index (χ0n) is 16.5. The Kier molecular flexibility index (Phi) is 4.21. The maximum absolute atomic E-state index is 13.8. The summed E-state index contributed by atoms with van der Waals surface area (Å²) in [5.41, 5.74) is 2.01. The first-order valence-electron chi connectivity index (χ1n) is 10.4. The molecule has 3 saturated carbocycles. The predicted molar refractivity (Wildman–Crippen MR) is 116 cm³/mol. The van der Waals surface area contributed by atoms with E-state index in [-0.39, 0.29) is 12.0 Å². The Balaban J connectivity index is 1.46. The number of hydrogen-bond acceptors (Lipinski definition) is 6. The van der Waals surface area contributed by atoms with Crippen LogP contribution in [-0.4, -0.2) is 37.1 Å². The molecule has 0 aliphatic heterocycles. The van der Waals surface area contributed by atoms with Gasteiger partial charge in [-0.05, 0) is 43.6 Å². The SMILES string of the molecule is O=C(O)[C@H]1C2CCC(CC2)[C@@H]1Nc1nc(-c2c[nH]c3ncc(F)cc23)nc2cscc12. The number of aromatic nitrogens is 4. The molecule has 3 fully saturated rings. The number of aromatic amines is 1. The number of thiophene rings is 1. The number of hydrogen-bond donors (Lipinski definition) is 3. The third-order valence-corrected chi connectivity index (χ3v) is 7.62. The van der Waals surface area contributed by atoms with Gasteiger partial charge in [0.05, 0.1) is 23.0 Å². The number of rotatable bonds is 4. The zero-order valence-corrected chi connectivity index (χ0v) is 17.3. The van der Waals surface area contributed by atoms with Gasteiger partial charge in [0.1, 0.15) is 17.3 Å². The molecule has 3 aliphatic rings. The molecule has 2 bridgehead atoms. The number of carboxylic acids is 1. The van der Waals surface area contributed by atoms with E-state index in [1.807, 2.05) is 10.8 Å². The average molecular weight is 438 g/mol. The lowest BCUT2D eigenvalue weighted by Crippen LogP contribution is -2.51. The number of fused-ring (bicyclic) bond motifs is 5. The second-order valence-corrected chi connectivity index (χ2v) is 9.27. The van der Waals surface area contributed by atoms with E-state index >= 15 is 0 Å². The van der Waals surface area contributed by atoms with Gasteiger partial charge in [-0.3, -0.25) is 4.79 Å². The normalized spacial score (nSPS) is 25.3. The van der Waals surface area contributed by atoms with Gasteiger partial charge in [0.25, 0.3) is 0 Å². The van der Waals surface area contributed by atoms with Crippen molar-refractivity contribution in [2.45, 2.75) is 31.7 Å². The van der Waals surface area contributed by atoms with Crippen LogP contribution in [0.3, 0.4) is 0 Å². The number of aliphatic carboxylic acids is 1. The maximum atomic E-state index is 13.8. The molecule has 3 N–H and O–H groups in total. The van der Waals surface area contributed by atoms with Gasteiger partial charge in [-0.2, -0.15) is 0 Å². The van der Waals surface area contributed by atoms with Gasteiger partial charge in [0.15, 0.2) is 5.82 Å². The van der Waals surface area contributed by atoms with Gasteiger partial charge in [-0.25, -0.2) is 19.3 Å². The fourth-order valence-corrected chi connectivity index (χ4v) is 6.17. The summed E-state index contributed by atoms with van der Waals surface area (Å²) in [6, 6.07) is 1.26. The number of nitrogens with one attached hydrogen (secondary N) is 2. The summed E-state index contributed by atoms with van der Waals surface area (Å²) in [5, 5.41) is 18.8. The van der Waals surface area contributed by atoms with Crippen LogP contribution in [0.1, 0.15) is 25.7 Å². The van der Waals surface area contributed by atoms with E-state index in [0.29, 0.717) is 34.2 Å². The largest absolute Gasteiger partial charge is 0.481 e. The van der Waals surface area contributed by atoms with Gasteiger partial charge in [0, 0.05) is 33.9 Å². The molecule has 0 radical (unpaired) electrons. The molecule has 0 saturated heterocycles. The van der Waals surface area contributed by atoms with Crippen molar-refractivity contribution in [2.75, 3.05) is 5.32 Å². The highest BCUT2D eigenvalue weighted by Gasteiger charge is 2.47. The minimum absolute atomic E-state index is 0.155. The van der Waals surface area contributed by atoms with Crippen LogP contribution >= 0.6 is 11.3 Å². The molecule has 4 heterocycles. The molecule has 0 aromatic carbocycles. The summed E-state index contributed by atoms with van der Waals surface area (Å²) in [7, 11) is 0. The molecular formula is C22H20FN5O2S. The molecule has 0 spiro atoms. The summed E-state index contributed by atoms with van der Waals surface area (Å²) in [6.45, 7) is 0. The van der Waals surface area contributed by atoms with Gasteiger partial charge >= 0.3 is 5.97 Å². The lowest BCUT2D eigenvalue weighted by atomic mass is 9.61. The second-order valence-electron chi connectivity index (χ2n) is 8.53. The third kappa shape index (κ3) is 2.98. The number of carbonyl (C=O) groups is 1. The number of H-pyrrole nitrogens is 1. The molecule has 9 heteroatoms. The maximum Gasteiger partial charge on any atom is 0.308 e. The first-order valence-corrected chi connectivity index (χ1v) is 11.4. The summed E-state index contributed by atoms with van der Waals surface area (Å²) < 4.78 is 13.8. The number of halogens is 1. The van der Waals surface area contributed by atoms with Crippen molar-refractivity contribution >= 4 is 45.1 Å².